The number of hydrogen-bond acceptors (Lipinski definition) is 4. The summed E-state index contributed by atoms with van der Waals surface area (Å²) in [5, 5.41) is 11.0. The number of nitro benzene ring substituents is 1. The van der Waals surface area contributed by atoms with Crippen LogP contribution in [0.4, 0.5) is 5.69 Å². The van der Waals surface area contributed by atoms with Crippen molar-refractivity contribution in [1.82, 2.24) is 0 Å². The van der Waals surface area contributed by atoms with E-state index in [2.05, 4.69) is 15.9 Å². The Hall–Kier alpha value is -1.73. The molecule has 0 bridgehead atoms. The lowest BCUT2D eigenvalue weighted by atomic mass is 10.2. The highest BCUT2D eigenvalue weighted by molar-refractivity contribution is 9.10. The van der Waals surface area contributed by atoms with Crippen LogP contribution in [0.25, 0.3) is 0 Å². The summed E-state index contributed by atoms with van der Waals surface area (Å²) in [7, 11) is -3.61. The first-order valence-corrected chi connectivity index (χ1v) is 8.06. The van der Waals surface area contributed by atoms with Crippen LogP contribution in [0.2, 0.25) is 0 Å². The Morgan fingerprint density at radius 3 is 2.30 bits per heavy atom. The highest BCUT2D eigenvalue weighted by Crippen LogP contribution is 2.31. The monoisotopic (exact) mass is 355 g/mol. The molecule has 0 amide bonds. The van der Waals surface area contributed by atoms with Crippen LogP contribution in [0.3, 0.4) is 0 Å². The first-order valence-electron chi connectivity index (χ1n) is 5.61. The summed E-state index contributed by atoms with van der Waals surface area (Å²) >= 11 is 3.08. The molecule has 2 aromatic rings. The molecule has 5 nitrogen and oxygen atoms in total. The third kappa shape index (κ3) is 3.05. The van der Waals surface area contributed by atoms with E-state index in [1.165, 1.54) is 24.3 Å². The minimum atomic E-state index is -3.61. The predicted molar refractivity (Wildman–Crippen MR) is 78.1 cm³/mol. The maximum absolute atomic E-state index is 12.2. The van der Waals surface area contributed by atoms with Gasteiger partial charge in [0.05, 0.1) is 20.0 Å². The van der Waals surface area contributed by atoms with Gasteiger partial charge in [0.15, 0.2) is 9.84 Å². The van der Waals surface area contributed by atoms with E-state index >= 15 is 0 Å². The summed E-state index contributed by atoms with van der Waals surface area (Å²) in [4.78, 5) is 10.6. The number of para-hydroxylation sites is 1. The molecule has 0 aromatic heterocycles. The SMILES string of the molecule is O=[N+]([O-])c1c(Br)cccc1CS(=O)(=O)c1ccccc1. The Kier molecular flexibility index (Phi) is 4.20. The van der Waals surface area contributed by atoms with E-state index < -0.39 is 20.5 Å². The van der Waals surface area contributed by atoms with Crippen molar-refractivity contribution in [1.29, 1.82) is 0 Å². The number of benzene rings is 2. The zero-order valence-corrected chi connectivity index (χ0v) is 12.6. The van der Waals surface area contributed by atoms with Gasteiger partial charge < -0.3 is 0 Å². The van der Waals surface area contributed by atoms with Crippen LogP contribution in [0, 0.1) is 10.1 Å². The third-order valence-electron chi connectivity index (χ3n) is 2.70. The number of nitrogens with zero attached hydrogens (tertiary/aromatic N) is 1. The Labute approximate surface area is 124 Å². The Morgan fingerprint density at radius 2 is 1.70 bits per heavy atom. The van der Waals surface area contributed by atoms with Crippen molar-refractivity contribution in [3.05, 3.63) is 68.7 Å². The first kappa shape index (κ1) is 14.7. The van der Waals surface area contributed by atoms with Crippen molar-refractivity contribution >= 4 is 31.5 Å². The Balaban J connectivity index is 2.46. The molecule has 0 unspecified atom stereocenters. The summed E-state index contributed by atoms with van der Waals surface area (Å²) in [6, 6.07) is 12.4. The van der Waals surface area contributed by atoms with Gasteiger partial charge in [0.1, 0.15) is 0 Å². The van der Waals surface area contributed by atoms with Gasteiger partial charge in [-0.1, -0.05) is 30.3 Å². The van der Waals surface area contributed by atoms with Gasteiger partial charge in [-0.25, -0.2) is 8.42 Å². The van der Waals surface area contributed by atoms with Crippen LogP contribution in [0.1, 0.15) is 5.56 Å². The van der Waals surface area contributed by atoms with Crippen LogP contribution in [0.15, 0.2) is 57.9 Å². The largest absolute Gasteiger partial charge is 0.287 e. The van der Waals surface area contributed by atoms with E-state index in [0.29, 0.717) is 0 Å². The van der Waals surface area contributed by atoms with E-state index in [4.69, 9.17) is 0 Å². The molecule has 0 fully saturated rings. The van der Waals surface area contributed by atoms with Crippen LogP contribution in [-0.4, -0.2) is 13.3 Å². The van der Waals surface area contributed by atoms with Crippen molar-refractivity contribution < 1.29 is 13.3 Å². The summed E-state index contributed by atoms with van der Waals surface area (Å²) < 4.78 is 24.8. The molecule has 0 heterocycles. The predicted octanol–water partition coefficient (Wildman–Crippen LogP) is 3.33. The van der Waals surface area contributed by atoms with Crippen LogP contribution in [0.5, 0.6) is 0 Å². The summed E-state index contributed by atoms with van der Waals surface area (Å²) in [6.07, 6.45) is 0. The fourth-order valence-electron chi connectivity index (χ4n) is 1.80. The van der Waals surface area contributed by atoms with Gasteiger partial charge in [0.2, 0.25) is 0 Å². The zero-order chi connectivity index (χ0) is 14.8. The first-order chi connectivity index (χ1) is 9.42. The minimum Gasteiger partial charge on any atom is -0.258 e. The van der Waals surface area contributed by atoms with Crippen LogP contribution in [-0.2, 0) is 15.6 Å². The highest BCUT2D eigenvalue weighted by Gasteiger charge is 2.23. The molecule has 0 aliphatic carbocycles. The maximum Gasteiger partial charge on any atom is 0.287 e. The second-order valence-electron chi connectivity index (χ2n) is 4.08. The number of sulfone groups is 1. The molecule has 7 heteroatoms. The molecule has 0 saturated heterocycles. The van der Waals surface area contributed by atoms with Gasteiger partial charge in [-0.3, -0.25) is 10.1 Å². The van der Waals surface area contributed by atoms with Gasteiger partial charge in [0.25, 0.3) is 5.69 Å². The molecule has 2 rings (SSSR count). The van der Waals surface area contributed by atoms with Gasteiger partial charge in [-0.05, 0) is 34.1 Å². The van der Waals surface area contributed by atoms with E-state index in [1.807, 2.05) is 0 Å². The van der Waals surface area contributed by atoms with Gasteiger partial charge >= 0.3 is 0 Å². The van der Waals surface area contributed by atoms with Crippen molar-refractivity contribution in [2.24, 2.45) is 0 Å². The molecule has 0 radical (unpaired) electrons. The van der Waals surface area contributed by atoms with E-state index in [-0.39, 0.29) is 20.6 Å². The smallest absolute Gasteiger partial charge is 0.258 e. The number of halogens is 1. The normalized spacial score (nSPS) is 11.2. The molecule has 0 atom stereocenters. The second kappa shape index (κ2) is 5.72. The lowest BCUT2D eigenvalue weighted by molar-refractivity contribution is -0.386. The Bertz CT molecular complexity index is 744. The van der Waals surface area contributed by atoms with E-state index in [0.717, 1.165) is 0 Å². The molecular weight excluding hydrogens is 346 g/mol. The molecule has 0 aliphatic rings. The van der Waals surface area contributed by atoms with Gasteiger partial charge in [0, 0.05) is 5.56 Å². The molecule has 2 aromatic carbocycles. The fraction of sp³-hybridized carbons (Fsp3) is 0.0769. The molecule has 0 saturated carbocycles. The average molecular weight is 356 g/mol. The molecule has 0 N–H and O–H groups in total. The topological polar surface area (TPSA) is 77.3 Å². The molecule has 0 aliphatic heterocycles. The number of nitro groups is 1. The van der Waals surface area contributed by atoms with Crippen LogP contribution < -0.4 is 0 Å². The van der Waals surface area contributed by atoms with E-state index in [9.17, 15) is 18.5 Å². The second-order valence-corrected chi connectivity index (χ2v) is 6.92. The van der Waals surface area contributed by atoms with E-state index in [1.54, 1.807) is 24.3 Å². The highest BCUT2D eigenvalue weighted by atomic mass is 79.9. The lowest BCUT2D eigenvalue weighted by Gasteiger charge is -2.06. The van der Waals surface area contributed by atoms with Crippen LogP contribution >= 0.6 is 15.9 Å². The maximum atomic E-state index is 12.2. The van der Waals surface area contributed by atoms with Crippen molar-refractivity contribution in [3.63, 3.8) is 0 Å². The van der Waals surface area contributed by atoms with Crippen molar-refractivity contribution in [3.8, 4) is 0 Å². The molecule has 0 spiro atoms. The van der Waals surface area contributed by atoms with Gasteiger partial charge in [-0.2, -0.15) is 0 Å². The Morgan fingerprint density at radius 1 is 1.05 bits per heavy atom. The third-order valence-corrected chi connectivity index (χ3v) is 5.02. The summed E-state index contributed by atoms with van der Waals surface area (Å²) in [5.74, 6) is -0.410. The molecular formula is C13H10BrNO4S. The summed E-state index contributed by atoms with van der Waals surface area (Å²) in [6.45, 7) is 0. The quantitative estimate of drug-likeness (QED) is 0.622. The van der Waals surface area contributed by atoms with Crippen molar-refractivity contribution in [2.45, 2.75) is 10.6 Å². The average Bonchev–Trinajstić information content (AvgIpc) is 2.39. The van der Waals surface area contributed by atoms with Crippen molar-refractivity contribution in [2.75, 3.05) is 0 Å². The standard InChI is InChI=1S/C13H10BrNO4S/c14-12-8-4-5-10(13(12)15(16)17)9-20(18,19)11-6-2-1-3-7-11/h1-8H,9H2. The number of rotatable bonds is 4. The van der Waals surface area contributed by atoms with Gasteiger partial charge in [-0.15, -0.1) is 0 Å². The lowest BCUT2D eigenvalue weighted by Crippen LogP contribution is -2.07. The zero-order valence-electron chi connectivity index (χ0n) is 10.2. The minimum absolute atomic E-state index is 0.147. The molecule has 104 valence electrons. The summed E-state index contributed by atoms with van der Waals surface area (Å²) in [5.41, 5.74) is -0.0553. The fourth-order valence-corrected chi connectivity index (χ4v) is 3.73. The number of hydrogen-bond donors (Lipinski definition) is 0. The molecule has 20 heavy (non-hydrogen) atoms.